The lowest BCUT2D eigenvalue weighted by Gasteiger charge is -2.26. The lowest BCUT2D eigenvalue weighted by molar-refractivity contribution is -0.147. The van der Waals surface area contributed by atoms with E-state index in [1.165, 1.54) is 18.4 Å². The van der Waals surface area contributed by atoms with Gasteiger partial charge in [0.15, 0.2) is 4.21 Å². The fourth-order valence-corrected chi connectivity index (χ4v) is 4.87. The maximum absolute atomic E-state index is 12.5. The van der Waals surface area contributed by atoms with Crippen LogP contribution in [0.15, 0.2) is 15.7 Å². The minimum absolute atomic E-state index is 0.00643. The molecule has 0 bridgehead atoms. The largest absolute Gasteiger partial charge is 0.395 e. The molecule has 0 unspecified atom stereocenters. The molecule has 1 heterocycles. The van der Waals surface area contributed by atoms with Crippen LogP contribution >= 0.6 is 22.9 Å². The zero-order valence-electron chi connectivity index (χ0n) is 11.0. The predicted molar refractivity (Wildman–Crippen MR) is 75.0 cm³/mol. The standard InChI is InChI=1S/C11H15ClF3NO3S2/c1-2-7(5-11(13,14)15)9(6-17)16-21(18,19)10-8(12)3-4-20-10/h3-4,7,9,16-17H,2,5-6H2,1H3/t7-,9+/m0/s1. The van der Waals surface area contributed by atoms with Gasteiger partial charge in [-0.15, -0.1) is 11.3 Å². The summed E-state index contributed by atoms with van der Waals surface area (Å²) in [4.78, 5) is 0. The maximum Gasteiger partial charge on any atom is 0.389 e. The van der Waals surface area contributed by atoms with E-state index < -0.39 is 41.2 Å². The quantitative estimate of drug-likeness (QED) is 0.780. The van der Waals surface area contributed by atoms with Gasteiger partial charge >= 0.3 is 6.18 Å². The van der Waals surface area contributed by atoms with Gasteiger partial charge in [-0.05, 0) is 17.4 Å². The molecule has 1 aromatic heterocycles. The van der Waals surface area contributed by atoms with Gasteiger partial charge in [0.1, 0.15) is 0 Å². The Labute approximate surface area is 130 Å². The number of hydrogen-bond acceptors (Lipinski definition) is 4. The molecule has 0 saturated carbocycles. The highest BCUT2D eigenvalue weighted by molar-refractivity contribution is 7.91. The van der Waals surface area contributed by atoms with Gasteiger partial charge < -0.3 is 5.11 Å². The van der Waals surface area contributed by atoms with Crippen LogP contribution in [0.5, 0.6) is 0 Å². The first-order chi connectivity index (χ1) is 9.60. The van der Waals surface area contributed by atoms with Crippen LogP contribution in [0.1, 0.15) is 19.8 Å². The summed E-state index contributed by atoms with van der Waals surface area (Å²) in [7, 11) is -4.06. The Hall–Kier alpha value is -0.350. The van der Waals surface area contributed by atoms with Gasteiger partial charge in [0.05, 0.1) is 11.6 Å². The molecule has 122 valence electrons. The van der Waals surface area contributed by atoms with E-state index in [2.05, 4.69) is 4.72 Å². The van der Waals surface area contributed by atoms with Crippen molar-refractivity contribution in [3.05, 3.63) is 16.5 Å². The fourth-order valence-electron chi connectivity index (χ4n) is 1.88. The number of aliphatic hydroxyl groups excluding tert-OH is 1. The summed E-state index contributed by atoms with van der Waals surface area (Å²) >= 11 is 6.57. The number of halogens is 4. The van der Waals surface area contributed by atoms with Crippen molar-refractivity contribution in [1.82, 2.24) is 4.72 Å². The molecule has 4 nitrogen and oxygen atoms in total. The zero-order valence-corrected chi connectivity index (χ0v) is 13.4. The lowest BCUT2D eigenvalue weighted by atomic mass is 9.94. The number of aliphatic hydroxyl groups is 1. The second-order valence-corrected chi connectivity index (χ2v) is 7.69. The highest BCUT2D eigenvalue weighted by Crippen LogP contribution is 2.31. The van der Waals surface area contributed by atoms with Crippen LogP contribution in [0, 0.1) is 5.92 Å². The van der Waals surface area contributed by atoms with Crippen LogP contribution in [0.4, 0.5) is 13.2 Å². The first-order valence-electron chi connectivity index (χ1n) is 6.03. The van der Waals surface area contributed by atoms with E-state index in [4.69, 9.17) is 11.6 Å². The predicted octanol–water partition coefficient (Wildman–Crippen LogP) is 3.02. The molecule has 0 aliphatic carbocycles. The van der Waals surface area contributed by atoms with Crippen molar-refractivity contribution in [1.29, 1.82) is 0 Å². The Balaban J connectivity index is 2.93. The number of nitrogens with one attached hydrogen (secondary N) is 1. The molecule has 0 fully saturated rings. The number of rotatable bonds is 7. The summed E-state index contributed by atoms with van der Waals surface area (Å²) in [5, 5.41) is 10.7. The molecule has 10 heteroatoms. The van der Waals surface area contributed by atoms with E-state index in [-0.39, 0.29) is 15.7 Å². The SMILES string of the molecule is CC[C@@H](CC(F)(F)F)[C@@H](CO)NS(=O)(=O)c1sccc1Cl. The average Bonchev–Trinajstić information content (AvgIpc) is 2.79. The van der Waals surface area contributed by atoms with Gasteiger partial charge in [-0.2, -0.15) is 13.2 Å². The number of thiophene rings is 1. The minimum Gasteiger partial charge on any atom is -0.395 e. The molecule has 1 aromatic rings. The molecule has 0 spiro atoms. The molecule has 0 amide bonds. The summed E-state index contributed by atoms with van der Waals surface area (Å²) in [6, 6.07) is 0.154. The topological polar surface area (TPSA) is 66.4 Å². The van der Waals surface area contributed by atoms with Crippen molar-refractivity contribution in [2.75, 3.05) is 6.61 Å². The van der Waals surface area contributed by atoms with Crippen LogP contribution in [-0.4, -0.2) is 32.3 Å². The van der Waals surface area contributed by atoms with Gasteiger partial charge in [-0.25, -0.2) is 13.1 Å². The molecule has 0 aliphatic heterocycles. The lowest BCUT2D eigenvalue weighted by Crippen LogP contribution is -2.43. The number of alkyl halides is 3. The average molecular weight is 366 g/mol. The summed E-state index contributed by atoms with van der Waals surface area (Å²) in [6.07, 6.45) is -5.53. The molecule has 0 aromatic carbocycles. The van der Waals surface area contributed by atoms with E-state index in [0.29, 0.717) is 0 Å². The highest BCUT2D eigenvalue weighted by atomic mass is 35.5. The van der Waals surface area contributed by atoms with Gasteiger partial charge in [0.25, 0.3) is 10.0 Å². The Morgan fingerprint density at radius 1 is 1.48 bits per heavy atom. The summed E-state index contributed by atoms with van der Waals surface area (Å²) in [5.41, 5.74) is 0. The van der Waals surface area contributed by atoms with E-state index in [0.717, 1.165) is 11.3 Å². The van der Waals surface area contributed by atoms with Crippen molar-refractivity contribution < 1.29 is 26.7 Å². The summed E-state index contributed by atoms with van der Waals surface area (Å²) < 4.78 is 63.6. The van der Waals surface area contributed by atoms with Crippen molar-refractivity contribution in [2.24, 2.45) is 5.92 Å². The first kappa shape index (κ1) is 18.7. The third kappa shape index (κ3) is 5.41. The molecular weight excluding hydrogens is 351 g/mol. The number of sulfonamides is 1. The second kappa shape index (κ2) is 7.28. The van der Waals surface area contributed by atoms with E-state index >= 15 is 0 Å². The molecule has 2 atom stereocenters. The van der Waals surface area contributed by atoms with Gasteiger partial charge in [-0.1, -0.05) is 24.9 Å². The Morgan fingerprint density at radius 3 is 2.48 bits per heavy atom. The van der Waals surface area contributed by atoms with Crippen LogP contribution in [0.25, 0.3) is 0 Å². The molecule has 21 heavy (non-hydrogen) atoms. The van der Waals surface area contributed by atoms with Gasteiger partial charge in [-0.3, -0.25) is 0 Å². The minimum atomic E-state index is -4.43. The number of hydrogen-bond donors (Lipinski definition) is 2. The van der Waals surface area contributed by atoms with Crippen molar-refractivity contribution >= 4 is 33.0 Å². The third-order valence-corrected chi connectivity index (χ3v) is 6.43. The summed E-state index contributed by atoms with van der Waals surface area (Å²) in [5.74, 6) is -1.05. The van der Waals surface area contributed by atoms with Crippen LogP contribution < -0.4 is 4.72 Å². The molecule has 1 rings (SSSR count). The van der Waals surface area contributed by atoms with E-state index in [9.17, 15) is 26.7 Å². The molecule has 2 N–H and O–H groups in total. The third-order valence-electron chi connectivity index (χ3n) is 2.92. The molecule has 0 radical (unpaired) electrons. The summed E-state index contributed by atoms with van der Waals surface area (Å²) in [6.45, 7) is 0.780. The Morgan fingerprint density at radius 2 is 2.10 bits per heavy atom. The second-order valence-electron chi connectivity index (χ2n) is 4.45. The van der Waals surface area contributed by atoms with Gasteiger partial charge in [0, 0.05) is 12.5 Å². The van der Waals surface area contributed by atoms with Crippen molar-refractivity contribution in [3.8, 4) is 0 Å². The molecular formula is C11H15ClF3NO3S2. The molecule has 0 saturated heterocycles. The van der Waals surface area contributed by atoms with Crippen LogP contribution in [0.3, 0.4) is 0 Å². The normalized spacial score (nSPS) is 15.9. The Bertz CT molecular complexity index is 559. The van der Waals surface area contributed by atoms with Crippen molar-refractivity contribution in [3.63, 3.8) is 0 Å². The van der Waals surface area contributed by atoms with E-state index in [1.54, 1.807) is 0 Å². The molecule has 0 aliphatic rings. The van der Waals surface area contributed by atoms with Crippen LogP contribution in [-0.2, 0) is 10.0 Å². The Kier molecular flexibility index (Phi) is 6.48. The monoisotopic (exact) mass is 365 g/mol. The van der Waals surface area contributed by atoms with Crippen LogP contribution in [0.2, 0.25) is 5.02 Å². The fraction of sp³-hybridized carbons (Fsp3) is 0.636. The zero-order chi connectivity index (χ0) is 16.3. The smallest absolute Gasteiger partial charge is 0.389 e. The van der Waals surface area contributed by atoms with E-state index in [1.807, 2.05) is 0 Å². The maximum atomic E-state index is 12.5. The first-order valence-corrected chi connectivity index (χ1v) is 8.77. The van der Waals surface area contributed by atoms with Gasteiger partial charge in [0.2, 0.25) is 0 Å². The van der Waals surface area contributed by atoms with Crippen molar-refractivity contribution in [2.45, 2.75) is 36.2 Å². The highest BCUT2D eigenvalue weighted by Gasteiger charge is 2.36.